The quantitative estimate of drug-likeness (QED) is 0.346. The van der Waals surface area contributed by atoms with E-state index in [0.717, 1.165) is 38.2 Å². The normalized spacial score (nSPS) is 12.8. The minimum Gasteiger partial charge on any atom is -0.358 e. The smallest absolute Gasteiger partial charge is 0.178 e. The zero-order valence-corrected chi connectivity index (χ0v) is 15.0. The van der Waals surface area contributed by atoms with E-state index in [9.17, 15) is 4.79 Å². The van der Waals surface area contributed by atoms with Crippen molar-refractivity contribution in [2.45, 2.75) is 24.1 Å². The highest BCUT2D eigenvalue weighted by Gasteiger charge is 2.23. The number of nitrogens with one attached hydrogen (secondary N) is 1. The number of para-hydroxylation sites is 1. The standard InChI is InChI=1S/C18H17N5OS/c1-10-15(12-6-4-5-7-14(12)22-10)16(24)11(2)25-18-13-8-21-23(3)17(13)19-9-20-18/h4-9,11,22H,1-3H3/t11-/m1/s1. The first kappa shape index (κ1) is 15.8. The van der Waals surface area contributed by atoms with Gasteiger partial charge in [0.05, 0.1) is 16.8 Å². The Balaban J connectivity index is 1.69. The third-order valence-electron chi connectivity index (χ3n) is 4.29. The van der Waals surface area contributed by atoms with Crippen molar-refractivity contribution in [3.63, 3.8) is 0 Å². The van der Waals surface area contributed by atoms with Crippen LogP contribution in [0.2, 0.25) is 0 Å². The molecular formula is C18H17N5OS. The van der Waals surface area contributed by atoms with E-state index < -0.39 is 0 Å². The van der Waals surface area contributed by atoms with Crippen LogP contribution >= 0.6 is 11.8 Å². The zero-order valence-electron chi connectivity index (χ0n) is 14.1. The molecule has 25 heavy (non-hydrogen) atoms. The van der Waals surface area contributed by atoms with Gasteiger partial charge in [0.25, 0.3) is 0 Å². The molecule has 1 atom stereocenters. The first-order chi connectivity index (χ1) is 12.1. The number of aromatic nitrogens is 5. The molecule has 6 nitrogen and oxygen atoms in total. The second kappa shape index (κ2) is 6.00. The number of ketones is 1. The van der Waals surface area contributed by atoms with Crippen LogP contribution in [-0.4, -0.2) is 35.8 Å². The minimum absolute atomic E-state index is 0.0932. The van der Waals surface area contributed by atoms with Crippen molar-refractivity contribution in [1.82, 2.24) is 24.7 Å². The fraction of sp³-hybridized carbons (Fsp3) is 0.222. The monoisotopic (exact) mass is 351 g/mol. The minimum atomic E-state index is -0.267. The van der Waals surface area contributed by atoms with Gasteiger partial charge in [-0.1, -0.05) is 30.0 Å². The molecular weight excluding hydrogens is 334 g/mol. The number of hydrogen-bond acceptors (Lipinski definition) is 5. The van der Waals surface area contributed by atoms with Crippen LogP contribution in [0.25, 0.3) is 21.9 Å². The largest absolute Gasteiger partial charge is 0.358 e. The van der Waals surface area contributed by atoms with Gasteiger partial charge in [0, 0.05) is 29.2 Å². The van der Waals surface area contributed by atoms with Crippen LogP contribution in [0.5, 0.6) is 0 Å². The second-order valence-electron chi connectivity index (χ2n) is 5.98. The lowest BCUT2D eigenvalue weighted by Gasteiger charge is -2.10. The van der Waals surface area contributed by atoms with Gasteiger partial charge in [-0.3, -0.25) is 9.48 Å². The summed E-state index contributed by atoms with van der Waals surface area (Å²) in [5.41, 5.74) is 3.40. The number of thioether (sulfide) groups is 1. The van der Waals surface area contributed by atoms with Gasteiger partial charge in [0.2, 0.25) is 0 Å². The molecule has 3 aromatic heterocycles. The summed E-state index contributed by atoms with van der Waals surface area (Å²) in [5, 5.41) is 6.56. The van der Waals surface area contributed by atoms with Crippen molar-refractivity contribution in [3.05, 3.63) is 48.0 Å². The Morgan fingerprint density at radius 2 is 2.04 bits per heavy atom. The fourth-order valence-electron chi connectivity index (χ4n) is 3.05. The third kappa shape index (κ3) is 2.60. The number of Topliss-reactive ketones (excluding diaryl/α,β-unsaturated/α-hetero) is 1. The van der Waals surface area contributed by atoms with Crippen LogP contribution < -0.4 is 0 Å². The highest BCUT2D eigenvalue weighted by molar-refractivity contribution is 8.00. The molecule has 0 aliphatic carbocycles. The molecule has 7 heteroatoms. The van der Waals surface area contributed by atoms with E-state index in [0.29, 0.717) is 0 Å². The van der Waals surface area contributed by atoms with Gasteiger partial charge in [-0.15, -0.1) is 0 Å². The molecule has 0 saturated carbocycles. The number of carbonyl (C=O) groups excluding carboxylic acids is 1. The molecule has 1 aromatic carbocycles. The Morgan fingerprint density at radius 3 is 2.88 bits per heavy atom. The number of aromatic amines is 1. The van der Waals surface area contributed by atoms with Crippen molar-refractivity contribution in [1.29, 1.82) is 0 Å². The molecule has 0 aliphatic heterocycles. The van der Waals surface area contributed by atoms with Crippen molar-refractivity contribution >= 4 is 39.5 Å². The molecule has 4 rings (SSSR count). The van der Waals surface area contributed by atoms with Gasteiger partial charge < -0.3 is 4.98 Å². The Labute approximate surface area is 148 Å². The van der Waals surface area contributed by atoms with Crippen molar-refractivity contribution < 1.29 is 4.79 Å². The van der Waals surface area contributed by atoms with Crippen molar-refractivity contribution in [3.8, 4) is 0 Å². The summed E-state index contributed by atoms with van der Waals surface area (Å²) in [6.45, 7) is 3.85. The summed E-state index contributed by atoms with van der Waals surface area (Å²) in [7, 11) is 1.84. The van der Waals surface area contributed by atoms with Gasteiger partial charge >= 0.3 is 0 Å². The van der Waals surface area contributed by atoms with Gasteiger partial charge in [-0.25, -0.2) is 9.97 Å². The molecule has 0 radical (unpaired) electrons. The van der Waals surface area contributed by atoms with E-state index in [1.165, 1.54) is 18.1 Å². The molecule has 0 spiro atoms. The molecule has 126 valence electrons. The predicted octanol–water partition coefficient (Wildman–Crippen LogP) is 3.52. The van der Waals surface area contributed by atoms with Gasteiger partial charge in [-0.05, 0) is 19.9 Å². The van der Waals surface area contributed by atoms with Crippen LogP contribution in [-0.2, 0) is 7.05 Å². The van der Waals surface area contributed by atoms with Crippen LogP contribution in [0, 0.1) is 6.92 Å². The van der Waals surface area contributed by atoms with E-state index in [1.54, 1.807) is 10.9 Å². The first-order valence-corrected chi connectivity index (χ1v) is 8.85. The summed E-state index contributed by atoms with van der Waals surface area (Å²) in [6, 6.07) is 7.88. The molecule has 0 saturated heterocycles. The van der Waals surface area contributed by atoms with Crippen molar-refractivity contribution in [2.24, 2.45) is 7.05 Å². The van der Waals surface area contributed by atoms with Crippen molar-refractivity contribution in [2.75, 3.05) is 0 Å². The zero-order chi connectivity index (χ0) is 17.6. The van der Waals surface area contributed by atoms with Gasteiger partial charge in [-0.2, -0.15) is 5.10 Å². The van der Waals surface area contributed by atoms with Crippen LogP contribution in [0.1, 0.15) is 23.0 Å². The molecule has 0 aliphatic rings. The highest BCUT2D eigenvalue weighted by atomic mass is 32.2. The molecule has 3 heterocycles. The summed E-state index contributed by atoms with van der Waals surface area (Å²) < 4.78 is 1.71. The first-order valence-electron chi connectivity index (χ1n) is 7.97. The Bertz CT molecular complexity index is 1100. The number of nitrogens with zero attached hydrogens (tertiary/aromatic N) is 4. The molecule has 0 unspecified atom stereocenters. The predicted molar refractivity (Wildman–Crippen MR) is 99.0 cm³/mol. The lowest BCUT2D eigenvalue weighted by molar-refractivity contribution is 0.0995. The second-order valence-corrected chi connectivity index (χ2v) is 7.31. The number of hydrogen-bond donors (Lipinski definition) is 1. The maximum absolute atomic E-state index is 13.1. The third-order valence-corrected chi connectivity index (χ3v) is 5.41. The van der Waals surface area contributed by atoms with E-state index in [4.69, 9.17) is 0 Å². The molecule has 1 N–H and O–H groups in total. The number of rotatable bonds is 4. The van der Waals surface area contributed by atoms with E-state index in [-0.39, 0.29) is 11.0 Å². The maximum atomic E-state index is 13.1. The average Bonchev–Trinajstić information content (AvgIpc) is 3.14. The number of carbonyl (C=O) groups is 1. The SMILES string of the molecule is Cc1[nH]c2ccccc2c1C(=O)[C@@H](C)Sc1ncnc2c1cnn2C. The van der Waals surface area contributed by atoms with Gasteiger partial charge in [0.15, 0.2) is 11.4 Å². The lowest BCUT2D eigenvalue weighted by atomic mass is 10.1. The number of H-pyrrole nitrogens is 1. The fourth-order valence-corrected chi connectivity index (χ4v) is 3.99. The van der Waals surface area contributed by atoms with Crippen LogP contribution in [0.15, 0.2) is 41.8 Å². The topological polar surface area (TPSA) is 76.5 Å². The highest BCUT2D eigenvalue weighted by Crippen LogP contribution is 2.31. The Kier molecular flexibility index (Phi) is 3.80. The summed E-state index contributed by atoms with van der Waals surface area (Å²) in [4.78, 5) is 25.0. The van der Waals surface area contributed by atoms with E-state index in [1.807, 2.05) is 45.2 Å². The van der Waals surface area contributed by atoms with E-state index >= 15 is 0 Å². The maximum Gasteiger partial charge on any atom is 0.178 e. The number of aryl methyl sites for hydroxylation is 2. The summed E-state index contributed by atoms with van der Waals surface area (Å²) in [5.74, 6) is 0.0932. The molecule has 0 amide bonds. The number of benzene rings is 1. The van der Waals surface area contributed by atoms with Gasteiger partial charge in [0.1, 0.15) is 11.4 Å². The molecule has 4 aromatic rings. The van der Waals surface area contributed by atoms with Crippen LogP contribution in [0.3, 0.4) is 0 Å². The lowest BCUT2D eigenvalue weighted by Crippen LogP contribution is -2.14. The molecule has 0 fully saturated rings. The summed E-state index contributed by atoms with van der Waals surface area (Å²) >= 11 is 1.44. The molecule has 0 bridgehead atoms. The average molecular weight is 351 g/mol. The number of fused-ring (bicyclic) bond motifs is 2. The Morgan fingerprint density at radius 1 is 1.24 bits per heavy atom. The van der Waals surface area contributed by atoms with E-state index in [2.05, 4.69) is 20.1 Å². The summed E-state index contributed by atoms with van der Waals surface area (Å²) in [6.07, 6.45) is 3.26. The Hall–Kier alpha value is -2.67. The van der Waals surface area contributed by atoms with Crippen LogP contribution in [0.4, 0.5) is 0 Å².